The van der Waals surface area contributed by atoms with Gasteiger partial charge in [0.05, 0.1) is 17.0 Å². The second-order valence-corrected chi connectivity index (χ2v) is 7.85. The molecule has 0 saturated heterocycles. The Bertz CT molecular complexity index is 1120. The number of nitrogens with one attached hydrogen (secondary N) is 1. The third kappa shape index (κ3) is 7.28. The number of aromatic nitrogens is 1. The summed E-state index contributed by atoms with van der Waals surface area (Å²) in [6.45, 7) is 3.20. The Labute approximate surface area is 191 Å². The van der Waals surface area contributed by atoms with Gasteiger partial charge in [-0.2, -0.15) is 0 Å². The van der Waals surface area contributed by atoms with Crippen LogP contribution in [0.4, 0.5) is 18.9 Å². The van der Waals surface area contributed by atoms with Crippen molar-refractivity contribution in [3.63, 3.8) is 0 Å². The van der Waals surface area contributed by atoms with Crippen LogP contribution >= 0.6 is 11.8 Å². The second kappa shape index (κ2) is 10.4. The topological polar surface area (TPSA) is 90.7 Å². The summed E-state index contributed by atoms with van der Waals surface area (Å²) in [6, 6.07) is 13.2. The van der Waals surface area contributed by atoms with Gasteiger partial charge in [0.25, 0.3) is 5.91 Å². The van der Waals surface area contributed by atoms with Gasteiger partial charge < -0.3 is 19.3 Å². The molecule has 0 aliphatic rings. The molecule has 2 aromatic carbocycles. The van der Waals surface area contributed by atoms with E-state index >= 15 is 0 Å². The van der Waals surface area contributed by atoms with E-state index < -0.39 is 30.1 Å². The van der Waals surface area contributed by atoms with E-state index in [1.54, 1.807) is 37.3 Å². The third-order valence-corrected chi connectivity index (χ3v) is 5.26. The highest BCUT2D eigenvalue weighted by Crippen LogP contribution is 2.28. The molecule has 3 aromatic rings. The molecule has 174 valence electrons. The molecule has 3 rings (SSSR count). The average Bonchev–Trinajstić information content (AvgIpc) is 3.17. The third-order valence-electron chi connectivity index (χ3n) is 4.16. The number of hydrogen-bond donors (Lipinski definition) is 1. The van der Waals surface area contributed by atoms with Crippen molar-refractivity contribution in [3.8, 4) is 5.75 Å². The fourth-order valence-corrected chi connectivity index (χ4v) is 3.57. The van der Waals surface area contributed by atoms with Gasteiger partial charge in [0, 0.05) is 16.6 Å². The lowest BCUT2D eigenvalue weighted by Gasteiger charge is -2.15. The van der Waals surface area contributed by atoms with Gasteiger partial charge in [-0.1, -0.05) is 17.3 Å². The Hall–Kier alpha value is -3.47. The molecule has 0 fully saturated rings. The number of nitrogens with zero attached hydrogens (tertiary/aromatic N) is 1. The number of rotatable bonds is 8. The van der Waals surface area contributed by atoms with E-state index in [1.165, 1.54) is 30.8 Å². The minimum atomic E-state index is -4.81. The van der Waals surface area contributed by atoms with Crippen molar-refractivity contribution < 1.29 is 36.8 Å². The molecule has 0 radical (unpaired) electrons. The maximum absolute atomic E-state index is 12.7. The van der Waals surface area contributed by atoms with E-state index in [0.717, 1.165) is 17.8 Å². The molecular weight excluding hydrogens is 461 g/mol. The summed E-state index contributed by atoms with van der Waals surface area (Å²) in [5.41, 5.74) is 1.25. The number of thioether (sulfide) groups is 1. The van der Waals surface area contributed by atoms with Crippen molar-refractivity contribution in [3.05, 3.63) is 71.6 Å². The number of benzene rings is 2. The van der Waals surface area contributed by atoms with Crippen molar-refractivity contribution in [2.24, 2.45) is 0 Å². The molecule has 0 aliphatic heterocycles. The number of carbonyl (C=O) groups is 2. The zero-order valence-electron chi connectivity index (χ0n) is 17.5. The Morgan fingerprint density at radius 1 is 1.15 bits per heavy atom. The quantitative estimate of drug-likeness (QED) is 0.343. The van der Waals surface area contributed by atoms with Crippen molar-refractivity contribution >= 4 is 29.3 Å². The molecule has 0 saturated carbocycles. The molecule has 0 aliphatic carbocycles. The maximum atomic E-state index is 12.7. The van der Waals surface area contributed by atoms with E-state index in [4.69, 9.17) is 9.26 Å². The predicted molar refractivity (Wildman–Crippen MR) is 114 cm³/mol. The summed E-state index contributed by atoms with van der Waals surface area (Å²) in [5.74, 6) is -0.650. The first-order valence-corrected chi connectivity index (χ1v) is 10.6. The largest absolute Gasteiger partial charge is 0.573 e. The highest BCUT2D eigenvalue weighted by Gasteiger charge is 2.31. The van der Waals surface area contributed by atoms with Gasteiger partial charge >= 0.3 is 12.3 Å². The Morgan fingerprint density at radius 3 is 2.48 bits per heavy atom. The van der Waals surface area contributed by atoms with Crippen LogP contribution in [-0.4, -0.2) is 29.5 Å². The van der Waals surface area contributed by atoms with E-state index in [0.29, 0.717) is 16.4 Å². The lowest BCUT2D eigenvalue weighted by molar-refractivity contribution is -0.274. The van der Waals surface area contributed by atoms with Crippen molar-refractivity contribution in [1.29, 1.82) is 0 Å². The van der Waals surface area contributed by atoms with Crippen molar-refractivity contribution in [2.45, 2.75) is 37.0 Å². The van der Waals surface area contributed by atoms with Crippen LogP contribution in [0, 0.1) is 6.92 Å². The monoisotopic (exact) mass is 480 g/mol. The van der Waals surface area contributed by atoms with Gasteiger partial charge in [0.1, 0.15) is 11.5 Å². The molecule has 1 unspecified atom stereocenters. The minimum absolute atomic E-state index is 0.218. The molecule has 1 atom stereocenters. The van der Waals surface area contributed by atoms with Crippen molar-refractivity contribution in [2.75, 3.05) is 5.32 Å². The fraction of sp³-hybridized carbons (Fsp3) is 0.227. The highest BCUT2D eigenvalue weighted by atomic mass is 32.2. The number of halogens is 3. The molecule has 33 heavy (non-hydrogen) atoms. The first-order valence-electron chi connectivity index (χ1n) is 9.62. The number of amides is 1. The second-order valence-electron chi connectivity index (χ2n) is 6.83. The predicted octanol–water partition coefficient (Wildman–Crippen LogP) is 5.36. The summed E-state index contributed by atoms with van der Waals surface area (Å²) < 4.78 is 50.9. The SMILES string of the molecule is Cc1cc(CSc2ccccc2C(=O)OC(C)C(=O)Nc2ccc(OC(F)(F)F)cc2)on1. The first-order chi connectivity index (χ1) is 15.6. The van der Waals surface area contributed by atoms with Crippen LogP contribution in [0.15, 0.2) is 64.0 Å². The number of ether oxygens (including phenoxy) is 2. The van der Waals surface area contributed by atoms with Crippen LogP contribution in [0.2, 0.25) is 0 Å². The van der Waals surface area contributed by atoms with Crippen LogP contribution in [-0.2, 0) is 15.3 Å². The van der Waals surface area contributed by atoms with Gasteiger partial charge in [-0.15, -0.1) is 24.9 Å². The number of anilines is 1. The molecule has 11 heteroatoms. The van der Waals surface area contributed by atoms with E-state index in [9.17, 15) is 22.8 Å². The van der Waals surface area contributed by atoms with E-state index in [1.807, 2.05) is 0 Å². The maximum Gasteiger partial charge on any atom is 0.573 e. The summed E-state index contributed by atoms with van der Waals surface area (Å²) in [4.78, 5) is 25.7. The molecule has 0 bridgehead atoms. The van der Waals surface area contributed by atoms with Crippen LogP contribution in [0.25, 0.3) is 0 Å². The van der Waals surface area contributed by atoms with Crippen LogP contribution < -0.4 is 10.1 Å². The molecule has 0 spiro atoms. The first kappa shape index (κ1) is 24.2. The standard InChI is InChI=1S/C22H19F3N2O5S/c1-13-11-17(32-27-13)12-33-19-6-4-3-5-18(19)21(29)30-14(2)20(28)26-15-7-9-16(10-8-15)31-22(23,24)25/h3-11,14H,12H2,1-2H3,(H,26,28). The number of alkyl halides is 3. The molecule has 1 heterocycles. The number of esters is 1. The molecular formula is C22H19F3N2O5S. The molecule has 1 N–H and O–H groups in total. The summed E-state index contributed by atoms with van der Waals surface area (Å²) in [5, 5.41) is 6.29. The van der Waals surface area contributed by atoms with E-state index in [-0.39, 0.29) is 11.3 Å². The lowest BCUT2D eigenvalue weighted by atomic mass is 10.2. The van der Waals surface area contributed by atoms with Gasteiger partial charge in [-0.25, -0.2) is 4.79 Å². The zero-order valence-corrected chi connectivity index (χ0v) is 18.3. The summed E-state index contributed by atoms with van der Waals surface area (Å²) in [7, 11) is 0. The normalized spacial score (nSPS) is 12.2. The van der Waals surface area contributed by atoms with Gasteiger partial charge in [0.2, 0.25) is 0 Å². The summed E-state index contributed by atoms with van der Waals surface area (Å²) in [6.07, 6.45) is -5.96. The Morgan fingerprint density at radius 2 is 1.85 bits per heavy atom. The zero-order chi connectivity index (χ0) is 24.0. The highest BCUT2D eigenvalue weighted by molar-refractivity contribution is 7.98. The van der Waals surface area contributed by atoms with Gasteiger partial charge in [0.15, 0.2) is 6.10 Å². The van der Waals surface area contributed by atoms with Gasteiger partial charge in [-0.3, -0.25) is 4.79 Å². The number of aryl methyl sites for hydroxylation is 1. The van der Waals surface area contributed by atoms with Crippen LogP contribution in [0.5, 0.6) is 5.75 Å². The van der Waals surface area contributed by atoms with Gasteiger partial charge in [-0.05, 0) is 50.2 Å². The molecule has 1 amide bonds. The van der Waals surface area contributed by atoms with E-state index in [2.05, 4.69) is 15.2 Å². The van der Waals surface area contributed by atoms with Crippen LogP contribution in [0.3, 0.4) is 0 Å². The minimum Gasteiger partial charge on any atom is -0.449 e. The van der Waals surface area contributed by atoms with Crippen molar-refractivity contribution in [1.82, 2.24) is 5.16 Å². The molecule has 7 nitrogen and oxygen atoms in total. The summed E-state index contributed by atoms with van der Waals surface area (Å²) >= 11 is 1.36. The number of hydrogen-bond acceptors (Lipinski definition) is 7. The molecule has 1 aromatic heterocycles. The average molecular weight is 480 g/mol. The lowest BCUT2D eigenvalue weighted by Crippen LogP contribution is -2.30. The Balaban J connectivity index is 1.58. The number of carbonyl (C=O) groups excluding carboxylic acids is 2. The van der Waals surface area contributed by atoms with Crippen LogP contribution in [0.1, 0.15) is 28.7 Å². The fourth-order valence-electron chi connectivity index (χ4n) is 2.66. The smallest absolute Gasteiger partial charge is 0.449 e. The Kier molecular flexibility index (Phi) is 7.64.